The molecule has 5 N–H and O–H groups in total. The van der Waals surface area contributed by atoms with Gasteiger partial charge in [0.1, 0.15) is 11.5 Å². The topological polar surface area (TPSA) is 230 Å². The number of ketones is 1. The van der Waals surface area contributed by atoms with Crippen LogP contribution in [-0.2, 0) is 20.9 Å². The fourth-order valence-corrected chi connectivity index (χ4v) is 8.47. The number of benzene rings is 2. The molecule has 0 spiro atoms. The van der Waals surface area contributed by atoms with E-state index in [-0.39, 0.29) is 54.7 Å². The lowest BCUT2D eigenvalue weighted by Crippen LogP contribution is -2.36. The average Bonchev–Trinajstić information content (AvgIpc) is 4.07. The van der Waals surface area contributed by atoms with Crippen LogP contribution in [0.1, 0.15) is 98.7 Å². The predicted octanol–water partition coefficient (Wildman–Crippen LogP) is 3.81. The lowest BCUT2D eigenvalue weighted by molar-refractivity contribution is -0.670. The first kappa shape index (κ1) is 43.1. The Labute approximate surface area is 351 Å². The van der Waals surface area contributed by atoms with Crippen LogP contribution >= 0.6 is 11.8 Å². The SMILES string of the molecule is N#CC#Cc1ccc(-n2cc(CNC(=O)c3ccc(-[n+]4cc(NC(=O)CCCNC(=O)CCCCCCC(=O)CCCC[C@@H]5SC[C@@H]6NC(=O)N[C@@H]65)on4)cc3)nn2)cc1. The third kappa shape index (κ3) is 13.0. The predicted molar refractivity (Wildman–Crippen MR) is 221 cm³/mol. The molecular formula is C42H48N11O6S+. The first-order chi connectivity index (χ1) is 29.2. The number of hydrogen-bond acceptors (Lipinski definition) is 11. The van der Waals surface area contributed by atoms with Gasteiger partial charge >= 0.3 is 11.9 Å². The number of nitrogens with one attached hydrogen (secondary N) is 5. The van der Waals surface area contributed by atoms with Crippen molar-refractivity contribution in [2.75, 3.05) is 17.6 Å². The highest BCUT2D eigenvalue weighted by atomic mass is 32.2. The van der Waals surface area contributed by atoms with Crippen LogP contribution in [0.2, 0.25) is 0 Å². The minimum Gasteiger partial charge on any atom is -0.356 e. The molecule has 0 radical (unpaired) electrons. The van der Waals surface area contributed by atoms with Crippen molar-refractivity contribution < 1.29 is 33.2 Å². The maximum atomic E-state index is 12.8. The van der Waals surface area contributed by atoms with E-state index in [0.29, 0.717) is 65.8 Å². The molecule has 5 amide bonds. The zero-order valence-corrected chi connectivity index (χ0v) is 34.0. The number of carbonyl (C=O) groups excluding carboxylic acids is 5. The number of rotatable bonds is 22. The summed E-state index contributed by atoms with van der Waals surface area (Å²) < 4.78 is 8.27. The average molecular weight is 835 g/mol. The lowest BCUT2D eigenvalue weighted by Gasteiger charge is -2.16. The van der Waals surface area contributed by atoms with E-state index >= 15 is 0 Å². The Balaban J connectivity index is 0.780. The number of amides is 5. The van der Waals surface area contributed by atoms with Crippen molar-refractivity contribution in [3.8, 4) is 29.3 Å². The van der Waals surface area contributed by atoms with Crippen LogP contribution in [0, 0.1) is 23.2 Å². The van der Waals surface area contributed by atoms with Gasteiger partial charge in [0.25, 0.3) is 12.1 Å². The Hall–Kier alpha value is -6.53. The fraction of sp³-hybridized carbons (Fsp3) is 0.429. The standard InChI is InChI=1S/C42H47N11O6S/c43-23-7-9-29-15-19-32(20-16-29)52-26-31(49-50-52)25-45-41(57)30-17-21-33(22-18-30)53-27-39(59-51-53)47-38(56)14-8-24-44-37(55)13-4-2-1-3-10-34(54)11-5-6-12-36-40-35(28-60-36)46-42(58)48-40/h15-22,26-27,35-36,40H,1-6,8,10-14,24-25,28H2,(H4-,44,45,46,47,48,51,55,56,57,58)/p+1/t35-,36-,40-/m0/s1. The summed E-state index contributed by atoms with van der Waals surface area (Å²) in [6.45, 7) is 0.539. The van der Waals surface area contributed by atoms with Crippen LogP contribution in [0.25, 0.3) is 11.4 Å². The number of carbonyl (C=O) groups is 5. The number of nitriles is 1. The number of hydrogen-bond donors (Lipinski definition) is 5. The summed E-state index contributed by atoms with van der Waals surface area (Å²) in [7, 11) is 0. The number of aromatic nitrogens is 5. The monoisotopic (exact) mass is 834 g/mol. The summed E-state index contributed by atoms with van der Waals surface area (Å²) in [6.07, 6.45) is 11.7. The van der Waals surface area contributed by atoms with Gasteiger partial charge in [0, 0.05) is 72.4 Å². The van der Waals surface area contributed by atoms with Crippen molar-refractivity contribution in [3.63, 3.8) is 0 Å². The number of thioether (sulfide) groups is 1. The molecule has 2 fully saturated rings. The number of unbranched alkanes of at least 4 members (excludes halogenated alkanes) is 4. The molecule has 0 bridgehead atoms. The highest BCUT2D eigenvalue weighted by molar-refractivity contribution is 8.00. The summed E-state index contributed by atoms with van der Waals surface area (Å²) >= 11 is 1.90. The molecule has 6 rings (SSSR count). The molecule has 18 heteroatoms. The first-order valence-electron chi connectivity index (χ1n) is 20.2. The number of urea groups is 1. The number of fused-ring (bicyclic) bond motifs is 1. The van der Waals surface area contributed by atoms with E-state index in [2.05, 4.69) is 54.0 Å². The zero-order chi connectivity index (χ0) is 42.1. The van der Waals surface area contributed by atoms with Gasteiger partial charge in [-0.05, 0) is 73.2 Å². The molecule has 4 heterocycles. The van der Waals surface area contributed by atoms with Gasteiger partial charge in [-0.1, -0.05) is 30.4 Å². The van der Waals surface area contributed by atoms with Crippen LogP contribution in [-0.4, -0.2) is 79.4 Å². The second kappa shape index (κ2) is 22.0. The lowest BCUT2D eigenvalue weighted by atomic mass is 10.0. The van der Waals surface area contributed by atoms with Gasteiger partial charge in [-0.25, -0.2) is 9.48 Å². The first-order valence-corrected chi connectivity index (χ1v) is 21.2. The molecule has 2 aliphatic rings. The Morgan fingerprint density at radius 2 is 1.65 bits per heavy atom. The largest absolute Gasteiger partial charge is 0.356 e. The van der Waals surface area contributed by atoms with Crippen molar-refractivity contribution in [1.82, 2.24) is 41.5 Å². The van der Waals surface area contributed by atoms with Gasteiger partial charge in [0.15, 0.2) is 6.07 Å². The van der Waals surface area contributed by atoms with Crippen molar-refractivity contribution in [2.45, 2.75) is 101 Å². The van der Waals surface area contributed by atoms with E-state index in [0.717, 1.165) is 56.4 Å². The molecule has 0 unspecified atom stereocenters. The van der Waals surface area contributed by atoms with Gasteiger partial charge in [0.2, 0.25) is 22.8 Å². The minimum atomic E-state index is -0.304. The third-order valence-corrected chi connectivity index (χ3v) is 11.6. The Morgan fingerprint density at radius 3 is 2.43 bits per heavy atom. The van der Waals surface area contributed by atoms with Crippen molar-refractivity contribution >= 4 is 47.2 Å². The van der Waals surface area contributed by atoms with E-state index in [9.17, 15) is 24.0 Å². The summed E-state index contributed by atoms with van der Waals surface area (Å²) in [5.74, 6) is 5.84. The Bertz CT molecular complexity index is 2220. The summed E-state index contributed by atoms with van der Waals surface area (Å²) in [5.41, 5.74) is 3.05. The van der Waals surface area contributed by atoms with Gasteiger partial charge in [-0.15, -0.1) is 5.10 Å². The van der Waals surface area contributed by atoms with Gasteiger partial charge in [-0.2, -0.15) is 17.0 Å². The van der Waals surface area contributed by atoms with E-state index in [1.807, 2.05) is 11.8 Å². The summed E-state index contributed by atoms with van der Waals surface area (Å²) in [6, 6.07) is 16.0. The van der Waals surface area contributed by atoms with E-state index in [1.54, 1.807) is 65.5 Å². The van der Waals surface area contributed by atoms with Crippen LogP contribution in [0.5, 0.6) is 0 Å². The van der Waals surface area contributed by atoms with Crippen LogP contribution in [0.4, 0.5) is 10.7 Å². The second-order valence-corrected chi connectivity index (χ2v) is 15.9. The van der Waals surface area contributed by atoms with Crippen molar-refractivity contribution in [2.24, 2.45) is 0 Å². The van der Waals surface area contributed by atoms with Crippen LogP contribution in [0.3, 0.4) is 0 Å². The fourth-order valence-electron chi connectivity index (χ4n) is 6.93. The van der Waals surface area contributed by atoms with Gasteiger partial charge in [-0.3, -0.25) is 29.0 Å². The van der Waals surface area contributed by atoms with E-state index < -0.39 is 0 Å². The zero-order valence-electron chi connectivity index (χ0n) is 33.2. The quantitative estimate of drug-likeness (QED) is 0.0331. The molecule has 2 aliphatic heterocycles. The Morgan fingerprint density at radius 1 is 0.900 bits per heavy atom. The van der Waals surface area contributed by atoms with Crippen LogP contribution in [0.15, 0.2) is 65.4 Å². The molecule has 0 saturated carbocycles. The normalized spacial score (nSPS) is 16.4. The molecule has 2 saturated heterocycles. The summed E-state index contributed by atoms with van der Waals surface area (Å²) in [4.78, 5) is 61.3. The van der Waals surface area contributed by atoms with Crippen molar-refractivity contribution in [1.29, 1.82) is 5.26 Å². The molecule has 2 aromatic carbocycles. The molecular weight excluding hydrogens is 787 g/mol. The molecule has 312 valence electrons. The molecule has 4 aromatic rings. The second-order valence-electron chi connectivity index (χ2n) is 14.6. The smallest absolute Gasteiger partial charge is 0.315 e. The van der Waals surface area contributed by atoms with E-state index in [1.165, 1.54) is 10.9 Å². The van der Waals surface area contributed by atoms with E-state index in [4.69, 9.17) is 9.78 Å². The van der Waals surface area contributed by atoms with Crippen LogP contribution < -0.4 is 31.3 Å². The maximum absolute atomic E-state index is 12.8. The maximum Gasteiger partial charge on any atom is 0.315 e. The number of anilines is 1. The molecule has 60 heavy (non-hydrogen) atoms. The summed E-state index contributed by atoms with van der Waals surface area (Å²) in [5, 5.41) is 35.5. The minimum absolute atomic E-state index is 0.0561. The Kier molecular flexibility index (Phi) is 15.8. The molecule has 17 nitrogen and oxygen atoms in total. The highest BCUT2D eigenvalue weighted by Gasteiger charge is 2.42. The number of Topliss-reactive ketones (excluding diaryl/α,β-unsaturated/α-hetero) is 1. The third-order valence-electron chi connectivity index (χ3n) is 10.1. The molecule has 2 aromatic heterocycles. The number of nitrogens with zero attached hydrogens (tertiary/aromatic N) is 6. The molecule has 3 atom stereocenters. The van der Waals surface area contributed by atoms with Gasteiger partial charge < -0.3 is 21.3 Å². The molecule has 0 aliphatic carbocycles. The highest BCUT2D eigenvalue weighted by Crippen LogP contribution is 2.33. The van der Waals surface area contributed by atoms with Gasteiger partial charge in [0.05, 0.1) is 30.5 Å². The van der Waals surface area contributed by atoms with Crippen molar-refractivity contribution in [3.05, 3.63) is 77.7 Å².